The first-order valence-electron chi connectivity index (χ1n) is 9.65. The topological polar surface area (TPSA) is 70.6 Å². The van der Waals surface area contributed by atoms with E-state index in [1.807, 2.05) is 6.07 Å². The third-order valence-corrected chi connectivity index (χ3v) is 4.71. The summed E-state index contributed by atoms with van der Waals surface area (Å²) < 4.78 is 32.7. The van der Waals surface area contributed by atoms with Crippen molar-refractivity contribution >= 4 is 5.91 Å². The quantitative estimate of drug-likeness (QED) is 0.316. The van der Waals surface area contributed by atoms with Gasteiger partial charge in [0.05, 0.1) is 0 Å². The van der Waals surface area contributed by atoms with Crippen LogP contribution in [-0.4, -0.2) is 23.8 Å². The van der Waals surface area contributed by atoms with Crippen LogP contribution in [0.1, 0.15) is 41.5 Å². The van der Waals surface area contributed by atoms with Crippen molar-refractivity contribution in [3.63, 3.8) is 0 Å². The minimum atomic E-state index is -0.871. The normalized spacial score (nSPS) is 11.9. The Kier molecular flexibility index (Phi) is 8.54. The molecule has 5 nitrogen and oxygen atoms in total. The lowest BCUT2D eigenvalue weighted by Gasteiger charge is -2.18. The highest BCUT2D eigenvalue weighted by Gasteiger charge is 2.20. The average molecular weight is 406 g/mol. The number of carbonyl (C=O) groups excluding carboxylic acids is 1. The van der Waals surface area contributed by atoms with Crippen molar-refractivity contribution in [2.45, 2.75) is 52.7 Å². The summed E-state index contributed by atoms with van der Waals surface area (Å²) in [6.45, 7) is 6.34. The molecule has 0 aliphatic rings. The average Bonchev–Trinajstić information content (AvgIpc) is 2.69. The number of hydrogen-bond acceptors (Lipinski definition) is 4. The molecule has 2 aromatic carbocycles. The summed E-state index contributed by atoms with van der Waals surface area (Å²) in [6.07, 6.45) is 1.01. The smallest absolute Gasteiger partial charge is 0.284 e. The fraction of sp³-hybridized carbons (Fsp3) is 0.409. The van der Waals surface area contributed by atoms with Gasteiger partial charge in [0.1, 0.15) is 17.4 Å². The van der Waals surface area contributed by atoms with Crippen LogP contribution in [0.15, 0.2) is 30.3 Å². The maximum atomic E-state index is 13.8. The molecule has 0 unspecified atom stereocenters. The molecule has 1 atom stereocenters. The van der Waals surface area contributed by atoms with Crippen LogP contribution in [-0.2, 0) is 11.3 Å². The van der Waals surface area contributed by atoms with Crippen LogP contribution in [0.2, 0.25) is 0 Å². The molecule has 0 saturated carbocycles. The molecule has 0 saturated heterocycles. The summed E-state index contributed by atoms with van der Waals surface area (Å²) >= 11 is 0. The molecule has 0 bridgehead atoms. The Morgan fingerprint density at radius 1 is 1.07 bits per heavy atom. The van der Waals surface area contributed by atoms with Gasteiger partial charge in [-0.1, -0.05) is 12.1 Å². The summed E-state index contributed by atoms with van der Waals surface area (Å²) in [4.78, 5) is 11.9. The highest BCUT2D eigenvalue weighted by Crippen LogP contribution is 2.22. The van der Waals surface area contributed by atoms with Crippen LogP contribution in [0.25, 0.3) is 0 Å². The monoisotopic (exact) mass is 406 g/mol. The van der Waals surface area contributed by atoms with Gasteiger partial charge in [-0.05, 0) is 87.0 Å². The molecule has 0 radical (unpaired) electrons. The first-order chi connectivity index (χ1) is 13.8. The number of amides is 1. The molecule has 0 aliphatic carbocycles. The summed E-state index contributed by atoms with van der Waals surface area (Å²) in [5, 5.41) is 12.2. The van der Waals surface area contributed by atoms with Gasteiger partial charge in [-0.3, -0.25) is 10.0 Å². The van der Waals surface area contributed by atoms with E-state index >= 15 is 0 Å². The maximum Gasteiger partial charge on any atom is 0.284 e. The van der Waals surface area contributed by atoms with E-state index in [0.29, 0.717) is 41.8 Å². The minimum Gasteiger partial charge on any atom is -0.481 e. The van der Waals surface area contributed by atoms with Gasteiger partial charge in [-0.25, -0.2) is 14.3 Å². The Balaban J connectivity index is 1.80. The standard InChI is InChI=1S/C22H28F2N2O3/c1-14-10-17(7-8-19(14)23)13-25-9-5-4-6-20(22(27)26-28)29-18-11-15(2)21(24)16(3)12-18/h7-8,10-12,20,25,28H,4-6,9,13H2,1-3H3,(H,26,27)/t20-/m1/s1. The van der Waals surface area contributed by atoms with Crippen molar-refractivity contribution in [1.82, 2.24) is 10.8 Å². The van der Waals surface area contributed by atoms with Gasteiger partial charge in [0.2, 0.25) is 0 Å². The third kappa shape index (κ3) is 6.80. The van der Waals surface area contributed by atoms with Crippen molar-refractivity contribution < 1.29 is 23.5 Å². The minimum absolute atomic E-state index is 0.214. The van der Waals surface area contributed by atoms with Crippen LogP contribution in [0, 0.1) is 32.4 Å². The van der Waals surface area contributed by atoms with E-state index in [-0.39, 0.29) is 11.6 Å². The highest BCUT2D eigenvalue weighted by molar-refractivity contribution is 5.79. The van der Waals surface area contributed by atoms with Gasteiger partial charge < -0.3 is 10.1 Å². The molecule has 1 amide bonds. The predicted octanol–water partition coefficient (Wildman–Crippen LogP) is 4.10. The van der Waals surface area contributed by atoms with Crippen LogP contribution in [0.3, 0.4) is 0 Å². The number of hydroxylamine groups is 1. The van der Waals surface area contributed by atoms with Gasteiger partial charge in [0.15, 0.2) is 6.10 Å². The van der Waals surface area contributed by atoms with Crippen LogP contribution in [0.5, 0.6) is 5.75 Å². The summed E-state index contributed by atoms with van der Waals surface area (Å²) in [6, 6.07) is 8.08. The molecule has 0 spiro atoms. The zero-order valence-electron chi connectivity index (χ0n) is 17.0. The van der Waals surface area contributed by atoms with Crippen molar-refractivity contribution in [3.8, 4) is 5.75 Å². The van der Waals surface area contributed by atoms with E-state index in [9.17, 15) is 13.6 Å². The molecule has 0 heterocycles. The fourth-order valence-electron chi connectivity index (χ4n) is 3.08. The largest absolute Gasteiger partial charge is 0.481 e. The summed E-state index contributed by atoms with van der Waals surface area (Å²) in [5.74, 6) is -0.768. The van der Waals surface area contributed by atoms with Crippen LogP contribution in [0.4, 0.5) is 8.78 Å². The Morgan fingerprint density at radius 2 is 1.76 bits per heavy atom. The first kappa shape index (κ1) is 22.8. The molecule has 0 fully saturated rings. The molecule has 2 rings (SSSR count). The van der Waals surface area contributed by atoms with Crippen molar-refractivity contribution in [1.29, 1.82) is 0 Å². The second-order valence-electron chi connectivity index (χ2n) is 7.21. The lowest BCUT2D eigenvalue weighted by molar-refractivity contribution is -0.136. The maximum absolute atomic E-state index is 13.8. The Morgan fingerprint density at radius 3 is 2.38 bits per heavy atom. The van der Waals surface area contributed by atoms with E-state index in [0.717, 1.165) is 18.5 Å². The highest BCUT2D eigenvalue weighted by atomic mass is 19.1. The lowest BCUT2D eigenvalue weighted by atomic mass is 10.1. The zero-order chi connectivity index (χ0) is 21.4. The predicted molar refractivity (Wildman–Crippen MR) is 107 cm³/mol. The van der Waals surface area contributed by atoms with E-state index in [4.69, 9.17) is 9.94 Å². The summed E-state index contributed by atoms with van der Waals surface area (Å²) in [5.41, 5.74) is 4.12. The van der Waals surface area contributed by atoms with Gasteiger partial charge in [-0.2, -0.15) is 0 Å². The number of aryl methyl sites for hydroxylation is 3. The SMILES string of the molecule is Cc1cc(CNCCCC[C@@H](Oc2cc(C)c(F)c(C)c2)C(=O)NO)ccc1F. The zero-order valence-corrected chi connectivity index (χ0v) is 17.0. The van der Waals surface area contributed by atoms with E-state index < -0.39 is 12.0 Å². The second kappa shape index (κ2) is 10.9. The van der Waals surface area contributed by atoms with Crippen LogP contribution >= 0.6 is 0 Å². The number of nitrogens with one attached hydrogen (secondary N) is 2. The second-order valence-corrected chi connectivity index (χ2v) is 7.21. The van der Waals surface area contributed by atoms with Crippen LogP contribution < -0.4 is 15.5 Å². The molecule has 158 valence electrons. The molecule has 0 aliphatic heterocycles. The number of halogens is 2. The summed E-state index contributed by atoms with van der Waals surface area (Å²) in [7, 11) is 0. The molecule has 7 heteroatoms. The van der Waals surface area contributed by atoms with E-state index in [1.54, 1.807) is 32.3 Å². The van der Waals surface area contributed by atoms with Crippen molar-refractivity contribution in [2.75, 3.05) is 6.54 Å². The van der Waals surface area contributed by atoms with E-state index in [1.165, 1.54) is 18.2 Å². The number of benzene rings is 2. The molecule has 0 aromatic heterocycles. The van der Waals surface area contributed by atoms with Gasteiger partial charge >= 0.3 is 0 Å². The first-order valence-corrected chi connectivity index (χ1v) is 9.65. The molecular formula is C22H28F2N2O3. The van der Waals surface area contributed by atoms with Crippen molar-refractivity contribution in [3.05, 3.63) is 64.2 Å². The molecular weight excluding hydrogens is 378 g/mol. The number of rotatable bonds is 10. The lowest BCUT2D eigenvalue weighted by Crippen LogP contribution is -2.36. The number of ether oxygens (including phenoxy) is 1. The number of unbranched alkanes of at least 4 members (excludes halogenated alkanes) is 1. The number of hydrogen-bond donors (Lipinski definition) is 3. The van der Waals surface area contributed by atoms with Gasteiger partial charge in [0, 0.05) is 6.54 Å². The Hall–Kier alpha value is -2.51. The molecule has 2 aromatic rings. The number of carbonyl (C=O) groups is 1. The van der Waals surface area contributed by atoms with E-state index in [2.05, 4.69) is 5.32 Å². The van der Waals surface area contributed by atoms with Gasteiger partial charge in [-0.15, -0.1) is 0 Å². The Labute approximate surface area is 170 Å². The Bertz CT molecular complexity index is 820. The molecule has 29 heavy (non-hydrogen) atoms. The van der Waals surface area contributed by atoms with Gasteiger partial charge in [0.25, 0.3) is 5.91 Å². The third-order valence-electron chi connectivity index (χ3n) is 4.71. The molecule has 3 N–H and O–H groups in total. The fourth-order valence-corrected chi connectivity index (χ4v) is 3.08. The van der Waals surface area contributed by atoms with Crippen molar-refractivity contribution in [2.24, 2.45) is 0 Å².